The molecule has 0 unspecified atom stereocenters. The van der Waals surface area contributed by atoms with E-state index in [1.54, 1.807) is 18.2 Å². The zero-order valence-electron chi connectivity index (χ0n) is 16.6. The fourth-order valence-electron chi connectivity index (χ4n) is 3.79. The minimum Gasteiger partial charge on any atom is -0.267 e. The van der Waals surface area contributed by atoms with Gasteiger partial charge in [0, 0.05) is 11.1 Å². The molecule has 1 aliphatic heterocycles. The number of hydrogen-bond donors (Lipinski definition) is 0. The Labute approximate surface area is 185 Å². The number of sulfonamides is 1. The standard InChI is InChI=1S/C25H15N3O3S/c26-16-21-20(17-9-3-1-4-10-17)15-22(18-11-5-2-6-12-18)27-24(21)28-25(29)19-13-7-8-14-23(19)32(28,30)31/h1-15H. The molecule has 0 saturated carbocycles. The molecular formula is C25H15N3O3S. The third-order valence-electron chi connectivity index (χ3n) is 5.28. The number of nitrogens with zero attached hydrogens (tertiary/aromatic N) is 3. The van der Waals surface area contributed by atoms with Crippen molar-refractivity contribution in [2.75, 3.05) is 4.31 Å². The van der Waals surface area contributed by atoms with E-state index >= 15 is 0 Å². The molecule has 0 fully saturated rings. The Morgan fingerprint density at radius 2 is 1.38 bits per heavy atom. The molecule has 4 aromatic rings. The number of rotatable bonds is 3. The first-order valence-electron chi connectivity index (χ1n) is 9.77. The second-order valence-corrected chi connectivity index (χ2v) is 8.92. The SMILES string of the molecule is N#Cc1c(-c2ccccc2)cc(-c2ccccc2)nc1N1C(=O)c2ccccc2S1(=O)=O. The summed E-state index contributed by atoms with van der Waals surface area (Å²) in [5.74, 6) is -0.928. The zero-order valence-corrected chi connectivity index (χ0v) is 17.5. The summed E-state index contributed by atoms with van der Waals surface area (Å²) in [6.07, 6.45) is 0. The lowest BCUT2D eigenvalue weighted by molar-refractivity contribution is 0.101. The highest BCUT2D eigenvalue weighted by atomic mass is 32.2. The first-order chi connectivity index (χ1) is 15.5. The quantitative estimate of drug-likeness (QED) is 0.466. The summed E-state index contributed by atoms with van der Waals surface area (Å²) in [5.41, 5.74) is 2.47. The van der Waals surface area contributed by atoms with E-state index < -0.39 is 15.9 Å². The Balaban J connectivity index is 1.83. The van der Waals surface area contributed by atoms with Crippen molar-refractivity contribution in [3.8, 4) is 28.5 Å². The molecule has 1 aliphatic rings. The molecule has 1 aromatic heterocycles. The van der Waals surface area contributed by atoms with Crippen LogP contribution in [0.1, 0.15) is 15.9 Å². The number of fused-ring (bicyclic) bond motifs is 1. The van der Waals surface area contributed by atoms with Crippen LogP contribution in [0.15, 0.2) is 95.9 Å². The van der Waals surface area contributed by atoms with E-state index in [1.807, 2.05) is 60.7 Å². The number of carbonyl (C=O) groups is 1. The topological polar surface area (TPSA) is 91.1 Å². The monoisotopic (exact) mass is 437 g/mol. The Hall–Kier alpha value is -4.28. The van der Waals surface area contributed by atoms with Gasteiger partial charge in [0.05, 0.1) is 11.3 Å². The highest BCUT2D eigenvalue weighted by molar-refractivity contribution is 7.94. The lowest BCUT2D eigenvalue weighted by Crippen LogP contribution is -2.31. The third kappa shape index (κ3) is 2.97. The smallest absolute Gasteiger partial charge is 0.267 e. The highest BCUT2D eigenvalue weighted by Crippen LogP contribution is 2.39. The minimum absolute atomic E-state index is 0.0145. The van der Waals surface area contributed by atoms with Gasteiger partial charge >= 0.3 is 0 Å². The molecule has 32 heavy (non-hydrogen) atoms. The Morgan fingerprint density at radius 3 is 2.00 bits per heavy atom. The number of pyridine rings is 1. The molecular weight excluding hydrogens is 422 g/mol. The molecule has 154 valence electrons. The maximum absolute atomic E-state index is 13.3. The van der Waals surface area contributed by atoms with Crippen molar-refractivity contribution in [1.29, 1.82) is 5.26 Å². The van der Waals surface area contributed by atoms with Gasteiger partial charge in [-0.05, 0) is 23.8 Å². The molecule has 7 heteroatoms. The Kier molecular flexibility index (Phi) is 4.58. The zero-order chi connectivity index (χ0) is 22.3. The summed E-state index contributed by atoms with van der Waals surface area (Å²) >= 11 is 0. The van der Waals surface area contributed by atoms with Crippen molar-refractivity contribution in [2.24, 2.45) is 0 Å². The predicted octanol–water partition coefficient (Wildman–Crippen LogP) is 4.64. The van der Waals surface area contributed by atoms with Crippen LogP contribution in [0.5, 0.6) is 0 Å². The van der Waals surface area contributed by atoms with Gasteiger partial charge in [0.15, 0.2) is 5.82 Å². The molecule has 0 atom stereocenters. The molecule has 0 radical (unpaired) electrons. The number of nitriles is 1. The number of anilines is 1. The van der Waals surface area contributed by atoms with Crippen LogP contribution in [0.2, 0.25) is 0 Å². The van der Waals surface area contributed by atoms with E-state index in [0.29, 0.717) is 21.1 Å². The van der Waals surface area contributed by atoms with Gasteiger partial charge < -0.3 is 0 Å². The molecule has 1 amide bonds. The summed E-state index contributed by atoms with van der Waals surface area (Å²) in [7, 11) is -4.21. The van der Waals surface area contributed by atoms with E-state index in [0.717, 1.165) is 5.56 Å². The molecule has 3 aromatic carbocycles. The van der Waals surface area contributed by atoms with Crippen molar-refractivity contribution in [1.82, 2.24) is 4.98 Å². The van der Waals surface area contributed by atoms with Crippen LogP contribution < -0.4 is 4.31 Å². The van der Waals surface area contributed by atoms with Gasteiger partial charge in [-0.25, -0.2) is 13.4 Å². The largest absolute Gasteiger partial charge is 0.275 e. The van der Waals surface area contributed by atoms with E-state index in [4.69, 9.17) is 0 Å². The van der Waals surface area contributed by atoms with Crippen LogP contribution >= 0.6 is 0 Å². The lowest BCUT2D eigenvalue weighted by atomic mass is 9.98. The minimum atomic E-state index is -4.21. The van der Waals surface area contributed by atoms with E-state index in [9.17, 15) is 18.5 Å². The summed E-state index contributed by atoms with van der Waals surface area (Å²) in [5, 5.41) is 10.0. The molecule has 0 bridgehead atoms. The fourth-order valence-corrected chi connectivity index (χ4v) is 5.34. The molecule has 5 rings (SSSR count). The third-order valence-corrected chi connectivity index (χ3v) is 7.01. The Bertz CT molecular complexity index is 1510. The second-order valence-electron chi connectivity index (χ2n) is 7.17. The summed E-state index contributed by atoms with van der Waals surface area (Å²) in [4.78, 5) is 17.6. The summed E-state index contributed by atoms with van der Waals surface area (Å²) < 4.78 is 27.3. The molecule has 6 nitrogen and oxygen atoms in total. The first kappa shape index (κ1) is 19.7. The predicted molar refractivity (Wildman–Crippen MR) is 120 cm³/mol. The average Bonchev–Trinajstić information content (AvgIpc) is 3.04. The van der Waals surface area contributed by atoms with Gasteiger partial charge in [-0.2, -0.15) is 9.57 Å². The maximum atomic E-state index is 13.3. The number of hydrogen-bond acceptors (Lipinski definition) is 5. The molecule has 0 saturated heterocycles. The van der Waals surface area contributed by atoms with Crippen LogP contribution in [-0.2, 0) is 10.0 Å². The lowest BCUT2D eigenvalue weighted by Gasteiger charge is -2.19. The van der Waals surface area contributed by atoms with Gasteiger partial charge in [0.2, 0.25) is 0 Å². The van der Waals surface area contributed by atoms with E-state index in [2.05, 4.69) is 11.1 Å². The van der Waals surface area contributed by atoms with Crippen LogP contribution in [0.25, 0.3) is 22.4 Å². The van der Waals surface area contributed by atoms with Crippen molar-refractivity contribution in [3.05, 3.63) is 102 Å². The van der Waals surface area contributed by atoms with Gasteiger partial charge in [-0.15, -0.1) is 0 Å². The van der Waals surface area contributed by atoms with Crippen LogP contribution in [0.3, 0.4) is 0 Å². The van der Waals surface area contributed by atoms with Crippen molar-refractivity contribution in [2.45, 2.75) is 4.90 Å². The van der Waals surface area contributed by atoms with E-state index in [-0.39, 0.29) is 21.8 Å². The fraction of sp³-hybridized carbons (Fsp3) is 0. The normalized spacial score (nSPS) is 14.1. The van der Waals surface area contributed by atoms with Gasteiger partial charge in [0.1, 0.15) is 16.5 Å². The molecule has 0 aliphatic carbocycles. The molecule has 0 spiro atoms. The van der Waals surface area contributed by atoms with Gasteiger partial charge in [0.25, 0.3) is 15.9 Å². The number of carbonyl (C=O) groups excluding carboxylic acids is 1. The summed E-state index contributed by atoms with van der Waals surface area (Å²) in [6, 6.07) is 28.2. The van der Waals surface area contributed by atoms with Crippen LogP contribution in [0, 0.1) is 11.3 Å². The second kappa shape index (κ2) is 7.45. The van der Waals surface area contributed by atoms with Crippen LogP contribution in [0.4, 0.5) is 5.82 Å². The number of aromatic nitrogens is 1. The molecule has 0 N–H and O–H groups in total. The van der Waals surface area contributed by atoms with Crippen molar-refractivity contribution < 1.29 is 13.2 Å². The van der Waals surface area contributed by atoms with Crippen LogP contribution in [-0.4, -0.2) is 19.3 Å². The Morgan fingerprint density at radius 1 is 0.781 bits per heavy atom. The van der Waals surface area contributed by atoms with E-state index in [1.165, 1.54) is 12.1 Å². The van der Waals surface area contributed by atoms with Gasteiger partial charge in [-0.3, -0.25) is 4.79 Å². The van der Waals surface area contributed by atoms with Crippen molar-refractivity contribution >= 4 is 21.7 Å². The number of amides is 1. The average molecular weight is 437 g/mol. The molecule has 2 heterocycles. The summed E-state index contributed by atoms with van der Waals surface area (Å²) in [6.45, 7) is 0. The first-order valence-corrected chi connectivity index (χ1v) is 11.2. The maximum Gasteiger partial charge on any atom is 0.275 e. The number of benzene rings is 3. The van der Waals surface area contributed by atoms with Gasteiger partial charge in [-0.1, -0.05) is 72.8 Å². The van der Waals surface area contributed by atoms with Crippen molar-refractivity contribution in [3.63, 3.8) is 0 Å². The highest BCUT2D eigenvalue weighted by Gasteiger charge is 2.44.